The molecule has 1 aromatic heterocycles. The minimum absolute atomic E-state index is 0.406. The molecule has 0 unspecified atom stereocenters. The van der Waals surface area contributed by atoms with Gasteiger partial charge < -0.3 is 14.8 Å². The average molecular weight is 333 g/mol. The van der Waals surface area contributed by atoms with E-state index >= 15 is 0 Å². The van der Waals surface area contributed by atoms with Gasteiger partial charge in [0.25, 0.3) is 0 Å². The summed E-state index contributed by atoms with van der Waals surface area (Å²) in [5, 5.41) is 4.03. The summed E-state index contributed by atoms with van der Waals surface area (Å²) in [6.07, 6.45) is 2.25. The van der Waals surface area contributed by atoms with Gasteiger partial charge in [0.2, 0.25) is 5.88 Å². The highest BCUT2D eigenvalue weighted by atomic mass is 35.5. The van der Waals surface area contributed by atoms with Crippen LogP contribution in [0.3, 0.4) is 0 Å². The third-order valence-corrected chi connectivity index (χ3v) is 4.36. The molecular weight excluding hydrogens is 312 g/mol. The van der Waals surface area contributed by atoms with Gasteiger partial charge in [-0.3, -0.25) is 0 Å². The fraction of sp³-hybridized carbons (Fsp3) is 0.389. The van der Waals surface area contributed by atoms with Crippen LogP contribution in [0.2, 0.25) is 5.02 Å². The summed E-state index contributed by atoms with van der Waals surface area (Å²) in [6, 6.07) is 11.5. The van der Waals surface area contributed by atoms with Crippen LogP contribution in [-0.2, 0) is 6.61 Å². The van der Waals surface area contributed by atoms with Gasteiger partial charge in [-0.25, -0.2) is 4.98 Å². The van der Waals surface area contributed by atoms with Gasteiger partial charge in [0.15, 0.2) is 0 Å². The van der Waals surface area contributed by atoms with Gasteiger partial charge in [0, 0.05) is 28.3 Å². The van der Waals surface area contributed by atoms with E-state index in [1.807, 2.05) is 24.3 Å². The Bertz CT molecular complexity index is 657. The maximum Gasteiger partial charge on any atom is 0.213 e. The lowest BCUT2D eigenvalue weighted by molar-refractivity contribution is 0.283. The number of ether oxygens (including phenoxy) is 2. The Kier molecular flexibility index (Phi) is 5.36. The lowest BCUT2D eigenvalue weighted by Crippen LogP contribution is -2.27. The number of halogens is 1. The molecule has 2 heterocycles. The molecule has 1 aromatic carbocycles. The number of aromatic nitrogens is 1. The van der Waals surface area contributed by atoms with Crippen molar-refractivity contribution in [2.75, 3.05) is 20.2 Å². The van der Waals surface area contributed by atoms with Crippen LogP contribution < -0.4 is 14.8 Å². The van der Waals surface area contributed by atoms with Gasteiger partial charge >= 0.3 is 0 Å². The molecule has 1 N–H and O–H groups in total. The van der Waals surface area contributed by atoms with Gasteiger partial charge in [-0.05, 0) is 44.1 Å². The minimum atomic E-state index is 0.406. The molecule has 0 atom stereocenters. The van der Waals surface area contributed by atoms with E-state index in [1.165, 1.54) is 0 Å². The molecule has 1 saturated heterocycles. The number of nitrogens with zero attached hydrogens (tertiary/aromatic N) is 1. The monoisotopic (exact) mass is 332 g/mol. The lowest BCUT2D eigenvalue weighted by atomic mass is 9.94. The third kappa shape index (κ3) is 4.15. The number of pyridine rings is 1. The zero-order valence-electron chi connectivity index (χ0n) is 13.2. The second-order valence-electron chi connectivity index (χ2n) is 5.67. The Hall–Kier alpha value is -1.78. The third-order valence-electron chi connectivity index (χ3n) is 4.13. The maximum absolute atomic E-state index is 5.98. The number of piperidine rings is 1. The van der Waals surface area contributed by atoms with E-state index in [1.54, 1.807) is 13.2 Å². The topological polar surface area (TPSA) is 43.4 Å². The van der Waals surface area contributed by atoms with Crippen LogP contribution in [0, 0.1) is 0 Å². The SMILES string of the molecule is COc1cc(Cl)ccc1COc1cccc(C2CCNCC2)n1. The highest BCUT2D eigenvalue weighted by Gasteiger charge is 2.17. The number of hydrogen-bond acceptors (Lipinski definition) is 4. The molecule has 23 heavy (non-hydrogen) atoms. The first-order valence-corrected chi connectivity index (χ1v) is 8.27. The Morgan fingerprint density at radius 1 is 1.22 bits per heavy atom. The molecule has 1 aliphatic rings. The molecule has 3 rings (SSSR count). The summed E-state index contributed by atoms with van der Waals surface area (Å²) in [6.45, 7) is 2.52. The van der Waals surface area contributed by atoms with E-state index in [-0.39, 0.29) is 0 Å². The van der Waals surface area contributed by atoms with E-state index in [4.69, 9.17) is 21.1 Å². The number of rotatable bonds is 5. The molecule has 2 aromatic rings. The normalized spacial score (nSPS) is 15.4. The van der Waals surface area contributed by atoms with Crippen LogP contribution >= 0.6 is 11.6 Å². The first-order chi connectivity index (χ1) is 11.3. The molecule has 1 fully saturated rings. The van der Waals surface area contributed by atoms with Crippen molar-refractivity contribution in [1.29, 1.82) is 0 Å². The smallest absolute Gasteiger partial charge is 0.213 e. The number of methoxy groups -OCH3 is 1. The summed E-state index contributed by atoms with van der Waals surface area (Å²) in [7, 11) is 1.63. The van der Waals surface area contributed by atoms with Crippen molar-refractivity contribution in [1.82, 2.24) is 10.3 Å². The second kappa shape index (κ2) is 7.66. The number of nitrogens with one attached hydrogen (secondary N) is 1. The van der Waals surface area contributed by atoms with Crippen molar-refractivity contribution in [3.63, 3.8) is 0 Å². The Balaban J connectivity index is 1.68. The average Bonchev–Trinajstić information content (AvgIpc) is 2.61. The van der Waals surface area contributed by atoms with Gasteiger partial charge in [-0.1, -0.05) is 23.7 Å². The Labute approximate surface area is 141 Å². The van der Waals surface area contributed by atoms with Crippen LogP contribution in [0.1, 0.15) is 30.0 Å². The first-order valence-electron chi connectivity index (χ1n) is 7.89. The molecule has 4 nitrogen and oxygen atoms in total. The van der Waals surface area contributed by atoms with Crippen molar-refractivity contribution in [2.24, 2.45) is 0 Å². The zero-order valence-corrected chi connectivity index (χ0v) is 14.0. The molecule has 0 saturated carbocycles. The molecular formula is C18H21ClN2O2. The molecule has 0 radical (unpaired) electrons. The molecule has 0 spiro atoms. The van der Waals surface area contributed by atoms with Crippen molar-refractivity contribution < 1.29 is 9.47 Å². The lowest BCUT2D eigenvalue weighted by Gasteiger charge is -2.22. The predicted octanol–water partition coefficient (Wildman–Crippen LogP) is 3.79. The largest absolute Gasteiger partial charge is 0.496 e. The Morgan fingerprint density at radius 2 is 2.04 bits per heavy atom. The molecule has 0 aliphatic carbocycles. The molecule has 122 valence electrons. The quantitative estimate of drug-likeness (QED) is 0.904. The van der Waals surface area contributed by atoms with E-state index in [0.717, 1.165) is 42.9 Å². The Morgan fingerprint density at radius 3 is 2.83 bits per heavy atom. The van der Waals surface area contributed by atoms with Crippen LogP contribution in [-0.4, -0.2) is 25.2 Å². The first kappa shape index (κ1) is 16.1. The minimum Gasteiger partial charge on any atom is -0.496 e. The van der Waals surface area contributed by atoms with Gasteiger partial charge in [-0.15, -0.1) is 0 Å². The standard InChI is InChI=1S/C18H21ClN2O2/c1-22-17-11-15(19)6-5-14(17)12-23-18-4-2-3-16(21-18)13-7-9-20-10-8-13/h2-6,11,13,20H,7-10,12H2,1H3. The van der Waals surface area contributed by atoms with Gasteiger partial charge in [0.1, 0.15) is 12.4 Å². The summed E-state index contributed by atoms with van der Waals surface area (Å²) < 4.78 is 11.2. The van der Waals surface area contributed by atoms with E-state index in [0.29, 0.717) is 23.4 Å². The van der Waals surface area contributed by atoms with Crippen LogP contribution in [0.5, 0.6) is 11.6 Å². The van der Waals surface area contributed by atoms with E-state index in [2.05, 4.69) is 16.4 Å². The highest BCUT2D eigenvalue weighted by molar-refractivity contribution is 6.30. The highest BCUT2D eigenvalue weighted by Crippen LogP contribution is 2.27. The fourth-order valence-corrected chi connectivity index (χ4v) is 3.01. The predicted molar refractivity (Wildman–Crippen MR) is 91.4 cm³/mol. The molecule has 5 heteroatoms. The fourth-order valence-electron chi connectivity index (χ4n) is 2.85. The van der Waals surface area contributed by atoms with Crippen molar-refractivity contribution in [2.45, 2.75) is 25.4 Å². The van der Waals surface area contributed by atoms with Crippen molar-refractivity contribution >= 4 is 11.6 Å². The van der Waals surface area contributed by atoms with E-state index in [9.17, 15) is 0 Å². The molecule has 0 bridgehead atoms. The van der Waals surface area contributed by atoms with Crippen LogP contribution in [0.25, 0.3) is 0 Å². The van der Waals surface area contributed by atoms with E-state index < -0.39 is 0 Å². The number of hydrogen-bond donors (Lipinski definition) is 1. The van der Waals surface area contributed by atoms with Crippen molar-refractivity contribution in [3.8, 4) is 11.6 Å². The molecule has 1 aliphatic heterocycles. The number of benzene rings is 1. The van der Waals surface area contributed by atoms with Crippen LogP contribution in [0.4, 0.5) is 0 Å². The van der Waals surface area contributed by atoms with Gasteiger partial charge in [0.05, 0.1) is 7.11 Å². The summed E-state index contributed by atoms with van der Waals surface area (Å²) in [5.74, 6) is 1.90. The maximum atomic E-state index is 5.98. The second-order valence-corrected chi connectivity index (χ2v) is 6.11. The van der Waals surface area contributed by atoms with Crippen LogP contribution in [0.15, 0.2) is 36.4 Å². The molecule has 0 amide bonds. The summed E-state index contributed by atoms with van der Waals surface area (Å²) in [4.78, 5) is 4.67. The summed E-state index contributed by atoms with van der Waals surface area (Å²) in [5.41, 5.74) is 2.07. The van der Waals surface area contributed by atoms with Gasteiger partial charge in [-0.2, -0.15) is 0 Å². The summed E-state index contributed by atoms with van der Waals surface area (Å²) >= 11 is 5.98. The zero-order chi connectivity index (χ0) is 16.1. The van der Waals surface area contributed by atoms with Crippen molar-refractivity contribution in [3.05, 3.63) is 52.7 Å².